The Labute approximate surface area is 174 Å². The van der Waals surface area contributed by atoms with Gasteiger partial charge < -0.3 is 10.0 Å². The van der Waals surface area contributed by atoms with Crippen LogP contribution < -0.4 is 4.90 Å². The van der Waals surface area contributed by atoms with E-state index in [-0.39, 0.29) is 24.4 Å². The fraction of sp³-hybridized carbons (Fsp3) is 0.435. The second-order valence-corrected chi connectivity index (χ2v) is 7.47. The Balaban J connectivity index is 0.00000280. The summed E-state index contributed by atoms with van der Waals surface area (Å²) in [6, 6.07) is 20.0. The fourth-order valence-corrected chi connectivity index (χ4v) is 4.07. The summed E-state index contributed by atoms with van der Waals surface area (Å²) in [4.78, 5) is 17.0. The van der Waals surface area contributed by atoms with Crippen molar-refractivity contribution in [2.45, 2.75) is 38.8 Å². The summed E-state index contributed by atoms with van der Waals surface area (Å²) in [5.41, 5.74) is 1.94. The Kier molecular flexibility index (Phi) is 8.49. The molecule has 0 spiro atoms. The lowest BCUT2D eigenvalue weighted by Crippen LogP contribution is -2.52. The number of nitrogens with zero attached hydrogens (tertiary/aromatic N) is 2. The third kappa shape index (κ3) is 5.34. The number of hydrogen-bond acceptors (Lipinski definition) is 3. The molecule has 1 amide bonds. The van der Waals surface area contributed by atoms with Crippen molar-refractivity contribution in [3.63, 3.8) is 0 Å². The van der Waals surface area contributed by atoms with Gasteiger partial charge in [0.05, 0.1) is 6.10 Å². The molecule has 0 aliphatic carbocycles. The lowest BCUT2D eigenvalue weighted by molar-refractivity contribution is -0.119. The van der Waals surface area contributed by atoms with Crippen molar-refractivity contribution in [2.75, 3.05) is 24.5 Å². The zero-order valence-corrected chi connectivity index (χ0v) is 17.5. The number of hydrogen-bond donors (Lipinski definition) is 1. The molecule has 0 bridgehead atoms. The van der Waals surface area contributed by atoms with Crippen LogP contribution in [0.4, 0.5) is 5.69 Å². The smallest absolute Gasteiger partial charge is 0.226 e. The molecule has 1 aliphatic rings. The van der Waals surface area contributed by atoms with Gasteiger partial charge in [-0.3, -0.25) is 9.69 Å². The van der Waals surface area contributed by atoms with E-state index in [1.165, 1.54) is 0 Å². The second-order valence-electron chi connectivity index (χ2n) is 7.47. The molecule has 1 aliphatic heterocycles. The van der Waals surface area contributed by atoms with Gasteiger partial charge in [0, 0.05) is 37.8 Å². The minimum absolute atomic E-state index is 0. The summed E-state index contributed by atoms with van der Waals surface area (Å²) in [5.74, 6) is 0.522. The van der Waals surface area contributed by atoms with Gasteiger partial charge in [0.25, 0.3) is 0 Å². The molecule has 2 aromatic carbocycles. The fourth-order valence-electron chi connectivity index (χ4n) is 4.07. The first-order valence-corrected chi connectivity index (χ1v) is 9.92. The Bertz CT molecular complexity index is 726. The molecule has 1 saturated heterocycles. The maximum atomic E-state index is 12.7. The van der Waals surface area contributed by atoms with E-state index < -0.39 is 6.10 Å². The lowest BCUT2D eigenvalue weighted by atomic mass is 9.91. The number of amides is 1. The molecule has 28 heavy (non-hydrogen) atoms. The summed E-state index contributed by atoms with van der Waals surface area (Å²) in [6.07, 6.45) is 0.954. The minimum Gasteiger partial charge on any atom is -0.387 e. The molecular weight excluding hydrogens is 372 g/mol. The Morgan fingerprint density at radius 3 is 2.32 bits per heavy atom. The first-order chi connectivity index (χ1) is 13.1. The van der Waals surface area contributed by atoms with Gasteiger partial charge in [-0.1, -0.05) is 62.4 Å². The maximum absolute atomic E-state index is 12.7. The van der Waals surface area contributed by atoms with Crippen LogP contribution in [0.25, 0.3) is 0 Å². The van der Waals surface area contributed by atoms with E-state index in [0.717, 1.165) is 30.8 Å². The number of anilines is 1. The minimum atomic E-state index is -0.475. The van der Waals surface area contributed by atoms with Crippen LogP contribution in [0.2, 0.25) is 0 Å². The van der Waals surface area contributed by atoms with Crippen molar-refractivity contribution in [3.8, 4) is 0 Å². The van der Waals surface area contributed by atoms with Crippen LogP contribution in [0.15, 0.2) is 60.7 Å². The van der Waals surface area contributed by atoms with E-state index in [0.29, 0.717) is 18.9 Å². The van der Waals surface area contributed by atoms with Crippen LogP contribution in [0.5, 0.6) is 0 Å². The molecule has 3 atom stereocenters. The number of piperidine rings is 1. The van der Waals surface area contributed by atoms with Gasteiger partial charge in [0.15, 0.2) is 0 Å². The van der Waals surface area contributed by atoms with Crippen molar-refractivity contribution < 1.29 is 9.90 Å². The normalized spacial score (nSPS) is 20.8. The second kappa shape index (κ2) is 10.6. The molecule has 1 heterocycles. The number of halogens is 1. The van der Waals surface area contributed by atoms with Crippen LogP contribution in [-0.4, -0.2) is 41.6 Å². The number of likely N-dealkylation sites (tertiary alicyclic amines) is 1. The number of para-hydroxylation sites is 1. The predicted octanol–water partition coefficient (Wildman–Crippen LogP) is 4.30. The highest BCUT2D eigenvalue weighted by Gasteiger charge is 2.34. The average Bonchev–Trinajstić information content (AvgIpc) is 2.71. The molecule has 0 radical (unpaired) electrons. The molecule has 5 heteroatoms. The molecular formula is C23H31ClN2O2. The molecule has 1 fully saturated rings. The zero-order chi connectivity index (χ0) is 19.2. The SMILES string of the molecule is CCC(=O)N(c1ccccc1)[C@H]1CCN(C[C@@H](O)c2ccccc2)C[C@H]1C.Cl. The number of benzene rings is 2. The largest absolute Gasteiger partial charge is 0.387 e. The van der Waals surface area contributed by atoms with E-state index in [1.807, 2.05) is 72.5 Å². The monoisotopic (exact) mass is 402 g/mol. The highest BCUT2D eigenvalue weighted by atomic mass is 35.5. The molecule has 0 aromatic heterocycles. The van der Waals surface area contributed by atoms with E-state index in [1.54, 1.807) is 0 Å². The van der Waals surface area contributed by atoms with E-state index in [4.69, 9.17) is 0 Å². The third-order valence-corrected chi connectivity index (χ3v) is 5.50. The highest BCUT2D eigenvalue weighted by Crippen LogP contribution is 2.29. The quantitative estimate of drug-likeness (QED) is 0.783. The summed E-state index contributed by atoms with van der Waals surface area (Å²) >= 11 is 0. The van der Waals surface area contributed by atoms with Crippen LogP contribution >= 0.6 is 12.4 Å². The summed E-state index contributed by atoms with van der Waals surface area (Å²) in [6.45, 7) is 6.54. The van der Waals surface area contributed by atoms with Crippen LogP contribution in [0, 0.1) is 5.92 Å². The topological polar surface area (TPSA) is 43.8 Å². The van der Waals surface area contributed by atoms with Gasteiger partial charge in [-0.15, -0.1) is 12.4 Å². The van der Waals surface area contributed by atoms with Crippen molar-refractivity contribution in [1.82, 2.24) is 4.90 Å². The third-order valence-electron chi connectivity index (χ3n) is 5.50. The number of rotatable bonds is 6. The first kappa shape index (κ1) is 22.4. The number of carbonyl (C=O) groups is 1. The molecule has 2 aromatic rings. The molecule has 3 rings (SSSR count). The summed E-state index contributed by atoms with van der Waals surface area (Å²) in [5, 5.41) is 10.5. The standard InChI is InChI=1S/C23H30N2O2.ClH/c1-3-23(27)25(20-12-8-5-9-13-20)21-14-15-24(16-18(21)2)17-22(26)19-10-6-4-7-11-19;/h4-13,18,21-22,26H,3,14-17H2,1-2H3;1H/t18-,21+,22-;/m1./s1. The van der Waals surface area contributed by atoms with E-state index in [2.05, 4.69) is 11.8 Å². The molecule has 152 valence electrons. The van der Waals surface area contributed by atoms with Crippen LogP contribution in [-0.2, 0) is 4.79 Å². The van der Waals surface area contributed by atoms with Gasteiger partial charge >= 0.3 is 0 Å². The number of aliphatic hydroxyl groups is 1. The zero-order valence-electron chi connectivity index (χ0n) is 16.7. The molecule has 0 unspecified atom stereocenters. The van der Waals surface area contributed by atoms with Gasteiger partial charge in [0.1, 0.15) is 0 Å². The Hall–Kier alpha value is -1.88. The highest BCUT2D eigenvalue weighted by molar-refractivity contribution is 5.93. The number of β-amino-alcohol motifs (C(OH)–C–C–N with tert-alkyl or cyclic N) is 1. The van der Waals surface area contributed by atoms with E-state index in [9.17, 15) is 9.90 Å². The van der Waals surface area contributed by atoms with Gasteiger partial charge in [-0.05, 0) is 30.0 Å². The summed E-state index contributed by atoms with van der Waals surface area (Å²) < 4.78 is 0. The van der Waals surface area contributed by atoms with Crippen LogP contribution in [0.3, 0.4) is 0 Å². The Morgan fingerprint density at radius 2 is 1.75 bits per heavy atom. The average molecular weight is 403 g/mol. The Morgan fingerprint density at radius 1 is 1.14 bits per heavy atom. The lowest BCUT2D eigenvalue weighted by Gasteiger charge is -2.43. The summed E-state index contributed by atoms with van der Waals surface area (Å²) in [7, 11) is 0. The molecule has 1 N–H and O–H groups in total. The predicted molar refractivity (Wildman–Crippen MR) is 117 cm³/mol. The van der Waals surface area contributed by atoms with Crippen molar-refractivity contribution in [2.24, 2.45) is 5.92 Å². The van der Waals surface area contributed by atoms with Crippen molar-refractivity contribution >= 4 is 24.0 Å². The van der Waals surface area contributed by atoms with Gasteiger partial charge in [0.2, 0.25) is 5.91 Å². The first-order valence-electron chi connectivity index (χ1n) is 9.92. The number of carbonyl (C=O) groups excluding carboxylic acids is 1. The molecule has 0 saturated carbocycles. The number of aliphatic hydroxyl groups excluding tert-OH is 1. The van der Waals surface area contributed by atoms with Crippen molar-refractivity contribution in [3.05, 3.63) is 66.2 Å². The molecule has 4 nitrogen and oxygen atoms in total. The van der Waals surface area contributed by atoms with E-state index >= 15 is 0 Å². The van der Waals surface area contributed by atoms with Crippen molar-refractivity contribution in [1.29, 1.82) is 0 Å². The maximum Gasteiger partial charge on any atom is 0.226 e. The van der Waals surface area contributed by atoms with Gasteiger partial charge in [-0.25, -0.2) is 0 Å². The van der Waals surface area contributed by atoms with Crippen LogP contribution in [0.1, 0.15) is 38.4 Å². The van der Waals surface area contributed by atoms with Gasteiger partial charge in [-0.2, -0.15) is 0 Å².